The molecule has 0 aliphatic heterocycles. The maximum atomic E-state index is 3.93. The summed E-state index contributed by atoms with van der Waals surface area (Å²) in [6.45, 7) is 12.9. The molecule has 4 nitrogen and oxygen atoms in total. The molecule has 0 atom stereocenters. The maximum Gasteiger partial charge on any atom is 3.00 e. The Balaban J connectivity index is 0.000000324. The molecule has 0 saturated carbocycles. The van der Waals surface area contributed by atoms with E-state index in [0.29, 0.717) is 0 Å². The van der Waals surface area contributed by atoms with Crippen LogP contribution < -0.4 is 0 Å². The second-order valence-electron chi connectivity index (χ2n) is 6.43. The van der Waals surface area contributed by atoms with Crippen LogP contribution in [0.1, 0.15) is 52.9 Å². The minimum absolute atomic E-state index is 0. The second-order valence-corrected chi connectivity index (χ2v) is 6.43. The van der Waals surface area contributed by atoms with E-state index in [1.54, 1.807) is 12.7 Å². The van der Waals surface area contributed by atoms with Gasteiger partial charge in [-0.15, -0.1) is 0 Å². The molecule has 0 aliphatic carbocycles. The summed E-state index contributed by atoms with van der Waals surface area (Å²) in [5.74, 6) is 0. The van der Waals surface area contributed by atoms with Crippen LogP contribution in [-0.4, -0.2) is 19.9 Å². The van der Waals surface area contributed by atoms with Gasteiger partial charge in [-0.3, -0.25) is 0 Å². The van der Waals surface area contributed by atoms with Gasteiger partial charge < -0.3 is 9.97 Å². The van der Waals surface area contributed by atoms with E-state index in [4.69, 9.17) is 0 Å². The molecule has 0 saturated heterocycles. The fraction of sp³-hybridized carbons (Fsp3) is 0.571. The fourth-order valence-corrected chi connectivity index (χ4v) is 1.33. The molecular formula is C14H24N4Ru+3. The zero-order chi connectivity index (χ0) is 13.8. The number of nitrogens with zero attached hydrogens (tertiary/aromatic N) is 2. The summed E-state index contributed by atoms with van der Waals surface area (Å²) in [5.41, 5.74) is 2.78. The average molecular weight is 349 g/mol. The van der Waals surface area contributed by atoms with Gasteiger partial charge in [-0.2, -0.15) is 0 Å². The smallest absolute Gasteiger partial charge is 0.348 e. The Kier molecular flexibility index (Phi) is 6.64. The van der Waals surface area contributed by atoms with Crippen LogP contribution in [0.5, 0.6) is 0 Å². The van der Waals surface area contributed by atoms with Crippen molar-refractivity contribution >= 4 is 0 Å². The molecule has 0 aliphatic rings. The SMILES string of the molecule is CC(C)(C)c1cnc[nH]1.CC(C)(C)c1cnc[nH]1.[Ru+3]. The second kappa shape index (κ2) is 6.99. The molecular weight excluding hydrogens is 325 g/mol. The van der Waals surface area contributed by atoms with Crippen LogP contribution in [0.25, 0.3) is 0 Å². The molecule has 2 aromatic rings. The standard InChI is InChI=1S/2C7H12N2.Ru/c2*1-7(2,3)6-4-8-5-9-6;/h2*4-5H,1-3H3,(H,8,9);/q;;+3. The van der Waals surface area contributed by atoms with Gasteiger partial charge in [0, 0.05) is 34.6 Å². The van der Waals surface area contributed by atoms with Gasteiger partial charge in [-0.1, -0.05) is 41.5 Å². The predicted molar refractivity (Wildman–Crippen MR) is 74.6 cm³/mol. The number of hydrogen-bond acceptors (Lipinski definition) is 2. The largest absolute Gasteiger partial charge is 3.00 e. The van der Waals surface area contributed by atoms with Crippen LogP contribution >= 0.6 is 0 Å². The van der Waals surface area contributed by atoms with Crippen LogP contribution in [0.15, 0.2) is 25.0 Å². The molecule has 19 heavy (non-hydrogen) atoms. The van der Waals surface area contributed by atoms with Crippen molar-refractivity contribution in [3.63, 3.8) is 0 Å². The fourth-order valence-electron chi connectivity index (χ4n) is 1.33. The number of H-pyrrole nitrogens is 2. The Bertz CT molecular complexity index is 388. The summed E-state index contributed by atoms with van der Waals surface area (Å²) in [5, 5.41) is 0. The molecule has 2 heterocycles. The van der Waals surface area contributed by atoms with E-state index in [1.165, 1.54) is 11.4 Å². The topological polar surface area (TPSA) is 57.4 Å². The first-order valence-corrected chi connectivity index (χ1v) is 6.19. The summed E-state index contributed by atoms with van der Waals surface area (Å²) in [6.07, 6.45) is 7.14. The Morgan fingerprint density at radius 3 is 1.16 bits per heavy atom. The van der Waals surface area contributed by atoms with Crippen molar-refractivity contribution in [2.45, 2.75) is 52.4 Å². The number of imidazole rings is 2. The third kappa shape index (κ3) is 6.15. The van der Waals surface area contributed by atoms with Gasteiger partial charge in [0.25, 0.3) is 0 Å². The Labute approximate surface area is 128 Å². The Morgan fingerprint density at radius 2 is 1.05 bits per heavy atom. The Morgan fingerprint density at radius 1 is 0.737 bits per heavy atom. The van der Waals surface area contributed by atoms with E-state index in [2.05, 4.69) is 61.5 Å². The molecule has 105 valence electrons. The van der Waals surface area contributed by atoms with Crippen LogP contribution in [0.4, 0.5) is 0 Å². The van der Waals surface area contributed by atoms with Gasteiger partial charge in [0.15, 0.2) is 0 Å². The molecule has 0 spiro atoms. The Hall–Kier alpha value is -0.957. The van der Waals surface area contributed by atoms with Gasteiger partial charge >= 0.3 is 19.5 Å². The first-order valence-electron chi connectivity index (χ1n) is 6.19. The molecule has 2 aromatic heterocycles. The zero-order valence-electron chi connectivity index (χ0n) is 12.6. The van der Waals surface area contributed by atoms with E-state index in [-0.39, 0.29) is 30.3 Å². The molecule has 0 aromatic carbocycles. The summed E-state index contributed by atoms with van der Waals surface area (Å²) in [6, 6.07) is 0. The summed E-state index contributed by atoms with van der Waals surface area (Å²) in [4.78, 5) is 14.0. The van der Waals surface area contributed by atoms with Crippen LogP contribution in [0.3, 0.4) is 0 Å². The van der Waals surface area contributed by atoms with E-state index in [1.807, 2.05) is 12.4 Å². The van der Waals surface area contributed by atoms with Crippen molar-refractivity contribution < 1.29 is 19.5 Å². The summed E-state index contributed by atoms with van der Waals surface area (Å²) < 4.78 is 0. The van der Waals surface area contributed by atoms with E-state index < -0.39 is 0 Å². The zero-order valence-corrected chi connectivity index (χ0v) is 14.3. The number of aromatic amines is 2. The normalized spacial score (nSPS) is 11.3. The number of aromatic nitrogens is 4. The number of rotatable bonds is 0. The predicted octanol–water partition coefficient (Wildman–Crippen LogP) is 3.41. The van der Waals surface area contributed by atoms with Gasteiger partial charge in [-0.05, 0) is 0 Å². The molecule has 0 amide bonds. The number of nitrogens with one attached hydrogen (secondary N) is 2. The van der Waals surface area contributed by atoms with Gasteiger partial charge in [0.2, 0.25) is 0 Å². The van der Waals surface area contributed by atoms with E-state index in [9.17, 15) is 0 Å². The molecule has 1 radical (unpaired) electrons. The quantitative estimate of drug-likeness (QED) is 0.716. The van der Waals surface area contributed by atoms with Crippen molar-refractivity contribution in [2.75, 3.05) is 0 Å². The van der Waals surface area contributed by atoms with Crippen molar-refractivity contribution in [1.82, 2.24) is 19.9 Å². The third-order valence-electron chi connectivity index (χ3n) is 2.61. The molecule has 2 N–H and O–H groups in total. The van der Waals surface area contributed by atoms with Crippen LogP contribution in [0, 0.1) is 0 Å². The van der Waals surface area contributed by atoms with Gasteiger partial charge in [-0.25, -0.2) is 9.97 Å². The van der Waals surface area contributed by atoms with E-state index in [0.717, 1.165) is 0 Å². The van der Waals surface area contributed by atoms with Crippen molar-refractivity contribution in [1.29, 1.82) is 0 Å². The van der Waals surface area contributed by atoms with Crippen molar-refractivity contribution in [2.24, 2.45) is 0 Å². The van der Waals surface area contributed by atoms with E-state index >= 15 is 0 Å². The minimum atomic E-state index is 0. The number of hydrogen-bond donors (Lipinski definition) is 2. The van der Waals surface area contributed by atoms with Crippen LogP contribution in [0.2, 0.25) is 0 Å². The molecule has 0 fully saturated rings. The third-order valence-corrected chi connectivity index (χ3v) is 2.61. The molecule has 2 rings (SSSR count). The first kappa shape index (κ1) is 18.0. The van der Waals surface area contributed by atoms with Crippen molar-refractivity contribution in [3.05, 3.63) is 36.4 Å². The molecule has 0 unspecified atom stereocenters. The van der Waals surface area contributed by atoms with Gasteiger partial charge in [0.1, 0.15) is 0 Å². The van der Waals surface area contributed by atoms with Gasteiger partial charge in [0.05, 0.1) is 12.7 Å². The van der Waals surface area contributed by atoms with Crippen molar-refractivity contribution in [3.8, 4) is 0 Å². The maximum absolute atomic E-state index is 3.93. The summed E-state index contributed by atoms with van der Waals surface area (Å²) in [7, 11) is 0. The monoisotopic (exact) mass is 350 g/mol. The first-order chi connectivity index (χ1) is 8.21. The summed E-state index contributed by atoms with van der Waals surface area (Å²) >= 11 is 0. The average Bonchev–Trinajstić information content (AvgIpc) is 2.91. The van der Waals surface area contributed by atoms with Crippen LogP contribution in [-0.2, 0) is 30.3 Å². The molecule has 0 bridgehead atoms. The molecule has 5 heteroatoms. The minimum Gasteiger partial charge on any atom is -0.348 e.